The van der Waals surface area contributed by atoms with E-state index < -0.39 is 5.41 Å². The third-order valence-electron chi connectivity index (χ3n) is 5.53. The van der Waals surface area contributed by atoms with Crippen LogP contribution in [-0.4, -0.2) is 19.0 Å². The summed E-state index contributed by atoms with van der Waals surface area (Å²) < 4.78 is 0. The van der Waals surface area contributed by atoms with E-state index in [0.29, 0.717) is 13.1 Å². The van der Waals surface area contributed by atoms with Gasteiger partial charge in [0, 0.05) is 19.1 Å². The molecular formula is C29H32N2O. The van der Waals surface area contributed by atoms with Crippen molar-refractivity contribution >= 4 is 16.7 Å². The second kappa shape index (κ2) is 11.3. The summed E-state index contributed by atoms with van der Waals surface area (Å²) in [7, 11) is 0. The number of carbonyl (C=O) groups excluding carboxylic acids is 1. The van der Waals surface area contributed by atoms with E-state index in [2.05, 4.69) is 84.0 Å². The Bertz CT molecular complexity index is 1110. The SMILES string of the molecule is C[C@@H](NCC=CC#CC(C)(C)C(=O)NCCc1ccccc1)c1cccc2ccccc12. The van der Waals surface area contributed by atoms with Crippen molar-refractivity contribution in [2.75, 3.05) is 13.1 Å². The van der Waals surface area contributed by atoms with Crippen LogP contribution in [0.4, 0.5) is 0 Å². The van der Waals surface area contributed by atoms with Crippen molar-refractivity contribution in [2.45, 2.75) is 33.2 Å². The van der Waals surface area contributed by atoms with Gasteiger partial charge >= 0.3 is 0 Å². The number of allylic oxidation sites excluding steroid dienone is 1. The lowest BCUT2D eigenvalue weighted by atomic mass is 9.93. The zero-order chi connectivity index (χ0) is 22.8. The third-order valence-corrected chi connectivity index (χ3v) is 5.53. The highest BCUT2D eigenvalue weighted by atomic mass is 16.2. The van der Waals surface area contributed by atoms with Crippen molar-refractivity contribution in [3.63, 3.8) is 0 Å². The normalized spacial score (nSPS) is 12.3. The number of carbonyl (C=O) groups is 1. The third kappa shape index (κ3) is 6.57. The molecule has 0 bridgehead atoms. The Morgan fingerprint density at radius 1 is 1.00 bits per heavy atom. The van der Waals surface area contributed by atoms with E-state index in [1.165, 1.54) is 21.9 Å². The van der Waals surface area contributed by atoms with Gasteiger partial charge in [-0.3, -0.25) is 4.79 Å². The first-order valence-electron chi connectivity index (χ1n) is 11.2. The quantitative estimate of drug-likeness (QED) is 0.473. The number of hydrogen-bond acceptors (Lipinski definition) is 2. The Balaban J connectivity index is 1.46. The molecule has 1 atom stereocenters. The highest BCUT2D eigenvalue weighted by molar-refractivity contribution is 5.86. The summed E-state index contributed by atoms with van der Waals surface area (Å²) in [5.41, 5.74) is 1.77. The van der Waals surface area contributed by atoms with E-state index in [-0.39, 0.29) is 11.9 Å². The zero-order valence-electron chi connectivity index (χ0n) is 19.2. The molecule has 0 radical (unpaired) electrons. The van der Waals surface area contributed by atoms with Crippen LogP contribution in [-0.2, 0) is 11.2 Å². The molecule has 3 nitrogen and oxygen atoms in total. The van der Waals surface area contributed by atoms with Gasteiger partial charge in [-0.1, -0.05) is 90.7 Å². The van der Waals surface area contributed by atoms with Gasteiger partial charge in [0.05, 0.1) is 0 Å². The number of hydrogen-bond donors (Lipinski definition) is 2. The van der Waals surface area contributed by atoms with Gasteiger partial charge in [-0.05, 0) is 55.2 Å². The minimum atomic E-state index is -0.731. The average Bonchev–Trinajstić information content (AvgIpc) is 2.81. The number of rotatable bonds is 8. The van der Waals surface area contributed by atoms with Gasteiger partial charge in [0.25, 0.3) is 0 Å². The average molecular weight is 425 g/mol. The fourth-order valence-corrected chi connectivity index (χ4v) is 3.57. The predicted octanol–water partition coefficient (Wildman–Crippen LogP) is 5.44. The van der Waals surface area contributed by atoms with Gasteiger partial charge in [-0.25, -0.2) is 0 Å². The lowest BCUT2D eigenvalue weighted by Gasteiger charge is -2.17. The van der Waals surface area contributed by atoms with Crippen molar-refractivity contribution in [2.24, 2.45) is 5.41 Å². The largest absolute Gasteiger partial charge is 0.354 e. The molecule has 0 saturated carbocycles. The fourth-order valence-electron chi connectivity index (χ4n) is 3.57. The topological polar surface area (TPSA) is 41.1 Å². The maximum Gasteiger partial charge on any atom is 0.237 e. The standard InChI is InChI=1S/C29H32N2O/c1-23(26-18-12-16-25-15-8-9-17-27(25)26)30-21-11-5-10-20-29(2,3)28(32)31-22-19-24-13-6-4-7-14-24/h4-9,11-18,23,30H,19,21-22H2,1-3H3,(H,31,32)/t23-/m1/s1. The van der Waals surface area contributed by atoms with E-state index in [0.717, 1.165) is 6.42 Å². The highest BCUT2D eigenvalue weighted by Crippen LogP contribution is 2.23. The molecule has 0 aliphatic heterocycles. The van der Waals surface area contributed by atoms with Crippen molar-refractivity contribution in [3.05, 3.63) is 96.1 Å². The van der Waals surface area contributed by atoms with Gasteiger partial charge in [-0.2, -0.15) is 0 Å². The number of nitrogens with one attached hydrogen (secondary N) is 2. The Hall–Kier alpha value is -3.35. The zero-order valence-corrected chi connectivity index (χ0v) is 19.2. The molecule has 0 heterocycles. The molecule has 0 fully saturated rings. The molecule has 3 aromatic rings. The van der Waals surface area contributed by atoms with Crippen molar-refractivity contribution in [3.8, 4) is 11.8 Å². The molecule has 3 heteroatoms. The van der Waals surface area contributed by atoms with Crippen molar-refractivity contribution in [1.29, 1.82) is 0 Å². The Labute approximate surface area is 191 Å². The number of fused-ring (bicyclic) bond motifs is 1. The second-order valence-corrected chi connectivity index (χ2v) is 8.49. The lowest BCUT2D eigenvalue weighted by Crippen LogP contribution is -2.37. The smallest absolute Gasteiger partial charge is 0.237 e. The fraction of sp³-hybridized carbons (Fsp3) is 0.276. The highest BCUT2D eigenvalue weighted by Gasteiger charge is 2.24. The predicted molar refractivity (Wildman–Crippen MR) is 134 cm³/mol. The van der Waals surface area contributed by atoms with E-state index in [1.54, 1.807) is 0 Å². The molecule has 2 N–H and O–H groups in total. The van der Waals surface area contributed by atoms with Crippen LogP contribution < -0.4 is 10.6 Å². The number of benzene rings is 3. The molecule has 32 heavy (non-hydrogen) atoms. The van der Waals surface area contributed by atoms with Gasteiger partial charge in [0.15, 0.2) is 0 Å². The van der Waals surface area contributed by atoms with Crippen LogP contribution in [0.25, 0.3) is 10.8 Å². The lowest BCUT2D eigenvalue weighted by molar-refractivity contribution is -0.126. The first-order valence-corrected chi connectivity index (χ1v) is 11.2. The minimum absolute atomic E-state index is 0.0444. The molecule has 0 spiro atoms. The summed E-state index contributed by atoms with van der Waals surface area (Å²) in [6.45, 7) is 7.20. The van der Waals surface area contributed by atoms with E-state index >= 15 is 0 Å². The molecule has 0 unspecified atom stereocenters. The summed E-state index contributed by atoms with van der Waals surface area (Å²) in [6.07, 6.45) is 4.64. The molecule has 3 aromatic carbocycles. The summed E-state index contributed by atoms with van der Waals surface area (Å²) in [4.78, 5) is 12.5. The second-order valence-electron chi connectivity index (χ2n) is 8.49. The maximum atomic E-state index is 12.5. The molecule has 1 amide bonds. The molecule has 3 rings (SSSR count). The molecule has 0 saturated heterocycles. The molecule has 0 aromatic heterocycles. The van der Waals surface area contributed by atoms with Crippen molar-refractivity contribution in [1.82, 2.24) is 10.6 Å². The summed E-state index contributed by atoms with van der Waals surface area (Å²) in [6, 6.07) is 25.2. The van der Waals surface area contributed by atoms with Crippen LogP contribution in [0.1, 0.15) is 37.9 Å². The first-order chi connectivity index (χ1) is 15.5. The van der Waals surface area contributed by atoms with Gasteiger partial charge in [0.1, 0.15) is 5.41 Å². The Kier molecular flexibility index (Phi) is 8.25. The van der Waals surface area contributed by atoms with Crippen LogP contribution in [0.3, 0.4) is 0 Å². The van der Waals surface area contributed by atoms with Gasteiger partial charge in [-0.15, -0.1) is 0 Å². The summed E-state index contributed by atoms with van der Waals surface area (Å²) >= 11 is 0. The molecule has 0 aliphatic rings. The summed E-state index contributed by atoms with van der Waals surface area (Å²) in [5.74, 6) is 6.06. The Morgan fingerprint density at radius 2 is 1.72 bits per heavy atom. The van der Waals surface area contributed by atoms with Gasteiger partial charge in [0.2, 0.25) is 5.91 Å². The Morgan fingerprint density at radius 3 is 2.53 bits per heavy atom. The van der Waals surface area contributed by atoms with Crippen LogP contribution in [0.2, 0.25) is 0 Å². The van der Waals surface area contributed by atoms with E-state index in [4.69, 9.17) is 0 Å². The van der Waals surface area contributed by atoms with Crippen molar-refractivity contribution < 1.29 is 4.79 Å². The molecular weight excluding hydrogens is 392 g/mol. The van der Waals surface area contributed by atoms with Crippen LogP contribution in [0.15, 0.2) is 84.9 Å². The maximum absolute atomic E-state index is 12.5. The summed E-state index contributed by atoms with van der Waals surface area (Å²) in [5, 5.41) is 9.05. The van der Waals surface area contributed by atoms with E-state index in [1.807, 2.05) is 44.2 Å². The monoisotopic (exact) mass is 424 g/mol. The van der Waals surface area contributed by atoms with Crippen LogP contribution in [0, 0.1) is 17.3 Å². The number of amides is 1. The van der Waals surface area contributed by atoms with Crippen LogP contribution in [0.5, 0.6) is 0 Å². The van der Waals surface area contributed by atoms with Crippen LogP contribution >= 0.6 is 0 Å². The van der Waals surface area contributed by atoms with E-state index in [9.17, 15) is 4.79 Å². The first kappa shape index (κ1) is 23.3. The molecule has 0 aliphatic carbocycles. The minimum Gasteiger partial charge on any atom is -0.354 e. The molecule has 164 valence electrons. The van der Waals surface area contributed by atoms with Gasteiger partial charge < -0.3 is 10.6 Å².